The molecule has 1 aliphatic rings. The minimum atomic E-state index is -4.23. The standard InChI is InChI=1S/C25H29N3O8S/c1-33-15-11-21(35-3)16(22(12-15)36-4)9-10-37(31,32)28-25(27)13-18(24(29)30)23(19(26)14-25)17-7-5-6-8-20(17)34-2/h5-14,23,28H,26-27H2,1-4H3,(H,29,30)/b10-9+. The first-order valence-electron chi connectivity index (χ1n) is 10.9. The highest BCUT2D eigenvalue weighted by molar-refractivity contribution is 7.92. The molecule has 0 fully saturated rings. The van der Waals surface area contributed by atoms with Crippen molar-refractivity contribution >= 4 is 22.1 Å². The Hall–Kier alpha value is -4.00. The number of methoxy groups -OCH3 is 4. The van der Waals surface area contributed by atoms with E-state index in [0.29, 0.717) is 34.1 Å². The van der Waals surface area contributed by atoms with Gasteiger partial charge in [-0.25, -0.2) is 13.2 Å². The lowest BCUT2D eigenvalue weighted by Gasteiger charge is -2.32. The summed E-state index contributed by atoms with van der Waals surface area (Å²) >= 11 is 0. The average Bonchev–Trinajstić information content (AvgIpc) is 2.85. The Bertz CT molecular complexity index is 1360. The van der Waals surface area contributed by atoms with Gasteiger partial charge in [0.1, 0.15) is 28.7 Å². The molecule has 0 saturated carbocycles. The number of para-hydroxylation sites is 1. The molecular formula is C25H29N3O8S. The van der Waals surface area contributed by atoms with E-state index in [1.807, 2.05) is 0 Å². The number of carboxylic acid groups (broad SMARTS) is 1. The predicted molar refractivity (Wildman–Crippen MR) is 138 cm³/mol. The van der Waals surface area contributed by atoms with Crippen LogP contribution in [-0.4, -0.2) is 53.6 Å². The minimum absolute atomic E-state index is 0.0390. The van der Waals surface area contributed by atoms with Gasteiger partial charge in [-0.1, -0.05) is 18.2 Å². The maximum absolute atomic E-state index is 13.0. The van der Waals surface area contributed by atoms with Gasteiger partial charge in [-0.2, -0.15) is 4.72 Å². The van der Waals surface area contributed by atoms with Crippen LogP contribution < -0.4 is 35.1 Å². The fourth-order valence-corrected chi connectivity index (χ4v) is 5.05. The average molecular weight is 532 g/mol. The molecule has 12 heteroatoms. The monoisotopic (exact) mass is 531 g/mol. The third kappa shape index (κ3) is 6.05. The van der Waals surface area contributed by atoms with Gasteiger partial charge >= 0.3 is 5.97 Å². The Morgan fingerprint density at radius 1 is 1.00 bits per heavy atom. The molecule has 2 aromatic rings. The van der Waals surface area contributed by atoms with Gasteiger partial charge in [-0.05, 0) is 24.3 Å². The third-order valence-corrected chi connectivity index (χ3v) is 6.76. The first-order chi connectivity index (χ1) is 17.5. The van der Waals surface area contributed by atoms with E-state index in [4.69, 9.17) is 30.4 Å². The first-order valence-corrected chi connectivity index (χ1v) is 12.4. The van der Waals surface area contributed by atoms with Gasteiger partial charge in [0, 0.05) is 28.8 Å². The van der Waals surface area contributed by atoms with E-state index >= 15 is 0 Å². The number of sulfonamides is 1. The molecule has 0 radical (unpaired) electrons. The van der Waals surface area contributed by atoms with Crippen LogP contribution in [0, 0.1) is 0 Å². The second-order valence-corrected chi connectivity index (χ2v) is 9.62. The van der Waals surface area contributed by atoms with Crippen LogP contribution in [0.2, 0.25) is 0 Å². The normalized spacial score (nSPS) is 19.6. The molecule has 2 aromatic carbocycles. The number of carbonyl (C=O) groups is 1. The molecule has 1 aliphatic carbocycles. The SMILES string of the molecule is COc1cc(OC)c(/C=C/S(=O)(=O)NC2(N)C=C(N)C(c3ccccc3OC)C(C(=O)O)=C2)c(OC)c1. The van der Waals surface area contributed by atoms with Crippen LogP contribution in [0.25, 0.3) is 6.08 Å². The highest BCUT2D eigenvalue weighted by atomic mass is 32.2. The van der Waals surface area contributed by atoms with E-state index in [2.05, 4.69) is 4.72 Å². The van der Waals surface area contributed by atoms with Crippen molar-refractivity contribution in [2.24, 2.45) is 11.5 Å². The van der Waals surface area contributed by atoms with Crippen molar-refractivity contribution in [3.8, 4) is 23.0 Å². The van der Waals surface area contributed by atoms with Crippen LogP contribution in [0.5, 0.6) is 23.0 Å². The molecule has 198 valence electrons. The van der Waals surface area contributed by atoms with E-state index in [9.17, 15) is 18.3 Å². The van der Waals surface area contributed by atoms with E-state index in [1.54, 1.807) is 36.4 Å². The highest BCUT2D eigenvalue weighted by Crippen LogP contribution is 2.39. The summed E-state index contributed by atoms with van der Waals surface area (Å²) in [5, 5.41) is 10.8. The Balaban J connectivity index is 1.98. The summed E-state index contributed by atoms with van der Waals surface area (Å²) in [5.41, 5.74) is 11.3. The number of allylic oxidation sites excluding steroid dienone is 1. The van der Waals surface area contributed by atoms with Crippen molar-refractivity contribution in [2.75, 3.05) is 28.4 Å². The van der Waals surface area contributed by atoms with Crippen LogP contribution in [0.1, 0.15) is 17.0 Å². The van der Waals surface area contributed by atoms with Crippen LogP contribution in [0.4, 0.5) is 0 Å². The van der Waals surface area contributed by atoms with Crippen molar-refractivity contribution in [1.29, 1.82) is 0 Å². The summed E-state index contributed by atoms with van der Waals surface area (Å²) in [7, 11) is 1.52. The summed E-state index contributed by atoms with van der Waals surface area (Å²) in [6, 6.07) is 9.92. The number of aliphatic carboxylic acids is 1. The van der Waals surface area contributed by atoms with Crippen molar-refractivity contribution in [2.45, 2.75) is 11.6 Å². The van der Waals surface area contributed by atoms with E-state index in [1.165, 1.54) is 40.6 Å². The largest absolute Gasteiger partial charge is 0.496 e. The summed E-state index contributed by atoms with van der Waals surface area (Å²) in [6.45, 7) is 0. The first kappa shape index (κ1) is 27.6. The van der Waals surface area contributed by atoms with E-state index in [-0.39, 0.29) is 11.3 Å². The Labute approximate surface area is 215 Å². The van der Waals surface area contributed by atoms with Gasteiger partial charge in [-0.15, -0.1) is 0 Å². The quantitative estimate of drug-likeness (QED) is 0.332. The maximum atomic E-state index is 13.0. The summed E-state index contributed by atoms with van der Waals surface area (Å²) in [4.78, 5) is 12.2. The molecule has 3 rings (SSSR count). The number of nitrogens with one attached hydrogen (secondary N) is 1. The molecule has 0 heterocycles. The zero-order valence-electron chi connectivity index (χ0n) is 20.7. The molecule has 11 nitrogen and oxygen atoms in total. The highest BCUT2D eigenvalue weighted by Gasteiger charge is 2.38. The molecule has 0 aliphatic heterocycles. The molecule has 2 unspecified atom stereocenters. The van der Waals surface area contributed by atoms with Crippen molar-refractivity contribution < 1.29 is 37.3 Å². The molecular weight excluding hydrogens is 502 g/mol. The molecule has 0 saturated heterocycles. The number of ether oxygens (including phenoxy) is 4. The van der Waals surface area contributed by atoms with E-state index < -0.39 is 27.6 Å². The summed E-state index contributed by atoms with van der Waals surface area (Å²) in [5.74, 6) is -0.736. The summed E-state index contributed by atoms with van der Waals surface area (Å²) in [6.07, 6.45) is 3.64. The molecule has 0 amide bonds. The number of carboxylic acids is 1. The smallest absolute Gasteiger partial charge is 0.332 e. The zero-order chi connectivity index (χ0) is 27.4. The number of hydrogen-bond donors (Lipinski definition) is 4. The molecule has 0 bridgehead atoms. The van der Waals surface area contributed by atoms with Gasteiger partial charge in [0.25, 0.3) is 0 Å². The maximum Gasteiger partial charge on any atom is 0.332 e. The van der Waals surface area contributed by atoms with Gasteiger partial charge in [0.2, 0.25) is 10.0 Å². The van der Waals surface area contributed by atoms with Crippen LogP contribution >= 0.6 is 0 Å². The molecule has 37 heavy (non-hydrogen) atoms. The second-order valence-electron chi connectivity index (χ2n) is 8.05. The van der Waals surface area contributed by atoms with Gasteiger partial charge in [-0.3, -0.25) is 0 Å². The number of rotatable bonds is 10. The fraction of sp³-hybridized carbons (Fsp3) is 0.240. The third-order valence-electron chi connectivity index (χ3n) is 5.63. The Morgan fingerprint density at radius 3 is 2.14 bits per heavy atom. The van der Waals surface area contributed by atoms with Crippen molar-refractivity contribution in [3.05, 3.63) is 76.4 Å². The van der Waals surface area contributed by atoms with Crippen LogP contribution in [-0.2, 0) is 14.8 Å². The lowest BCUT2D eigenvalue weighted by Crippen LogP contribution is -2.54. The lowest BCUT2D eigenvalue weighted by atomic mass is 9.81. The topological polar surface area (TPSA) is 172 Å². The van der Waals surface area contributed by atoms with Gasteiger partial charge in [0.05, 0.1) is 45.5 Å². The Kier molecular flexibility index (Phi) is 8.16. The lowest BCUT2D eigenvalue weighted by molar-refractivity contribution is -0.133. The van der Waals surface area contributed by atoms with Crippen molar-refractivity contribution in [3.63, 3.8) is 0 Å². The number of nitrogens with two attached hydrogens (primary N) is 2. The molecule has 2 atom stereocenters. The van der Waals surface area contributed by atoms with Crippen LogP contribution in [0.15, 0.2) is 65.2 Å². The minimum Gasteiger partial charge on any atom is -0.496 e. The number of benzene rings is 2. The second kappa shape index (κ2) is 10.9. The van der Waals surface area contributed by atoms with Gasteiger partial charge in [0.15, 0.2) is 0 Å². The molecule has 6 N–H and O–H groups in total. The summed E-state index contributed by atoms with van der Waals surface area (Å²) < 4.78 is 49.5. The van der Waals surface area contributed by atoms with Crippen molar-refractivity contribution in [1.82, 2.24) is 4.72 Å². The predicted octanol–water partition coefficient (Wildman–Crippen LogP) is 1.92. The molecule has 0 spiro atoms. The fourth-order valence-electron chi connectivity index (χ4n) is 4.05. The van der Waals surface area contributed by atoms with Crippen LogP contribution in [0.3, 0.4) is 0 Å². The number of hydrogen-bond acceptors (Lipinski definition) is 9. The molecule has 0 aromatic heterocycles. The van der Waals surface area contributed by atoms with Gasteiger partial charge < -0.3 is 35.5 Å². The van der Waals surface area contributed by atoms with E-state index in [0.717, 1.165) is 11.5 Å². The zero-order valence-corrected chi connectivity index (χ0v) is 21.5. The Morgan fingerprint density at radius 2 is 1.59 bits per heavy atom.